The lowest BCUT2D eigenvalue weighted by Gasteiger charge is -2.09. The summed E-state index contributed by atoms with van der Waals surface area (Å²) >= 11 is 0. The maximum absolute atomic E-state index is 12.0. The van der Waals surface area contributed by atoms with Crippen LogP contribution in [-0.4, -0.2) is 23.2 Å². The van der Waals surface area contributed by atoms with E-state index in [9.17, 15) is 15.0 Å². The molecule has 0 aliphatic carbocycles. The second-order valence-corrected chi connectivity index (χ2v) is 4.35. The molecular formula is C15H16N2O3. The molecule has 0 aliphatic heterocycles. The lowest BCUT2D eigenvalue weighted by molar-refractivity contribution is 0.102. The summed E-state index contributed by atoms with van der Waals surface area (Å²) in [6.07, 6.45) is 0. The number of hydrogen-bond donors (Lipinski definition) is 4. The van der Waals surface area contributed by atoms with E-state index in [0.29, 0.717) is 5.69 Å². The third-order valence-electron chi connectivity index (χ3n) is 2.84. The van der Waals surface area contributed by atoms with Crippen molar-refractivity contribution in [3.63, 3.8) is 0 Å². The van der Waals surface area contributed by atoms with Crippen molar-refractivity contribution >= 4 is 11.6 Å². The van der Waals surface area contributed by atoms with E-state index in [2.05, 4.69) is 10.6 Å². The molecule has 0 unspecified atom stereocenters. The van der Waals surface area contributed by atoms with Gasteiger partial charge in [0.2, 0.25) is 0 Å². The van der Waals surface area contributed by atoms with Crippen LogP contribution in [0.1, 0.15) is 15.9 Å². The smallest absolute Gasteiger partial charge is 0.263 e. The average molecular weight is 272 g/mol. The normalized spacial score (nSPS) is 10.2. The predicted molar refractivity (Wildman–Crippen MR) is 76.9 cm³/mol. The highest BCUT2D eigenvalue weighted by Gasteiger charge is 2.15. The van der Waals surface area contributed by atoms with Crippen molar-refractivity contribution in [2.45, 2.75) is 6.54 Å². The Bertz CT molecular complexity index is 589. The average Bonchev–Trinajstić information content (AvgIpc) is 2.41. The summed E-state index contributed by atoms with van der Waals surface area (Å²) in [4.78, 5) is 12.0. The molecule has 0 bridgehead atoms. The molecule has 0 atom stereocenters. The summed E-state index contributed by atoms with van der Waals surface area (Å²) in [5.41, 5.74) is 1.56. The zero-order valence-corrected chi connectivity index (χ0v) is 11.1. The van der Waals surface area contributed by atoms with Crippen molar-refractivity contribution in [3.05, 3.63) is 53.6 Å². The molecule has 5 nitrogen and oxygen atoms in total. The molecule has 1 amide bonds. The standard InChI is InChI=1S/C15H16N2O3/c1-16-9-10-5-7-11(8-6-10)17-15(20)14-12(18)3-2-4-13(14)19/h2-8,16,18-19H,9H2,1H3,(H,17,20). The minimum absolute atomic E-state index is 0.133. The molecule has 4 N–H and O–H groups in total. The molecule has 0 heterocycles. The van der Waals surface area contributed by atoms with Crippen LogP contribution in [0.3, 0.4) is 0 Å². The van der Waals surface area contributed by atoms with Crippen molar-refractivity contribution in [1.29, 1.82) is 0 Å². The van der Waals surface area contributed by atoms with Gasteiger partial charge in [-0.25, -0.2) is 0 Å². The van der Waals surface area contributed by atoms with E-state index in [1.54, 1.807) is 12.1 Å². The number of nitrogens with one attached hydrogen (secondary N) is 2. The summed E-state index contributed by atoms with van der Waals surface area (Å²) in [7, 11) is 1.86. The minimum atomic E-state index is -0.554. The molecule has 2 aromatic rings. The number of carbonyl (C=O) groups excluding carboxylic acids is 1. The Labute approximate surface area is 116 Å². The molecule has 0 radical (unpaired) electrons. The summed E-state index contributed by atoms with van der Waals surface area (Å²) in [5.74, 6) is -1.06. The van der Waals surface area contributed by atoms with Crippen molar-refractivity contribution in [2.24, 2.45) is 0 Å². The Morgan fingerprint density at radius 2 is 1.65 bits per heavy atom. The summed E-state index contributed by atoms with van der Waals surface area (Å²) < 4.78 is 0. The highest BCUT2D eigenvalue weighted by Crippen LogP contribution is 2.27. The van der Waals surface area contributed by atoms with Gasteiger partial charge < -0.3 is 20.8 Å². The summed E-state index contributed by atoms with van der Waals surface area (Å²) in [6.45, 7) is 0.745. The fourth-order valence-corrected chi connectivity index (χ4v) is 1.86. The Kier molecular flexibility index (Phi) is 4.22. The number of benzene rings is 2. The molecular weight excluding hydrogens is 256 g/mol. The minimum Gasteiger partial charge on any atom is -0.507 e. The van der Waals surface area contributed by atoms with Crippen LogP contribution >= 0.6 is 0 Å². The maximum Gasteiger partial charge on any atom is 0.263 e. The van der Waals surface area contributed by atoms with Crippen LogP contribution in [0.2, 0.25) is 0 Å². The van der Waals surface area contributed by atoms with Crippen molar-refractivity contribution in [1.82, 2.24) is 5.32 Å². The van der Waals surface area contributed by atoms with Crippen molar-refractivity contribution < 1.29 is 15.0 Å². The molecule has 0 aliphatic rings. The quantitative estimate of drug-likeness (QED) is 0.687. The molecule has 0 saturated heterocycles. The Hall–Kier alpha value is -2.53. The Morgan fingerprint density at radius 1 is 1.05 bits per heavy atom. The SMILES string of the molecule is CNCc1ccc(NC(=O)c2c(O)cccc2O)cc1. The van der Waals surface area contributed by atoms with E-state index in [-0.39, 0.29) is 17.1 Å². The van der Waals surface area contributed by atoms with Crippen LogP contribution in [0, 0.1) is 0 Å². The molecule has 0 aromatic heterocycles. The monoisotopic (exact) mass is 272 g/mol. The Morgan fingerprint density at radius 3 is 2.20 bits per heavy atom. The van der Waals surface area contributed by atoms with E-state index in [1.807, 2.05) is 19.2 Å². The number of phenols is 2. The van der Waals surface area contributed by atoms with Crippen LogP contribution in [0.15, 0.2) is 42.5 Å². The lowest BCUT2D eigenvalue weighted by Crippen LogP contribution is -2.12. The largest absolute Gasteiger partial charge is 0.507 e. The Balaban J connectivity index is 2.15. The van der Waals surface area contributed by atoms with Gasteiger partial charge in [0.1, 0.15) is 17.1 Å². The van der Waals surface area contributed by atoms with Crippen LogP contribution in [0.25, 0.3) is 0 Å². The third-order valence-corrected chi connectivity index (χ3v) is 2.84. The first-order valence-corrected chi connectivity index (χ1v) is 6.17. The second-order valence-electron chi connectivity index (χ2n) is 4.35. The van der Waals surface area contributed by atoms with E-state index < -0.39 is 5.91 Å². The molecule has 20 heavy (non-hydrogen) atoms. The number of phenolic OH excluding ortho intramolecular Hbond substituents is 2. The van der Waals surface area contributed by atoms with E-state index in [1.165, 1.54) is 18.2 Å². The van der Waals surface area contributed by atoms with Gasteiger partial charge in [0.25, 0.3) is 5.91 Å². The van der Waals surface area contributed by atoms with Gasteiger partial charge in [-0.15, -0.1) is 0 Å². The van der Waals surface area contributed by atoms with Gasteiger partial charge in [0, 0.05) is 12.2 Å². The molecule has 104 valence electrons. The highest BCUT2D eigenvalue weighted by atomic mass is 16.3. The van der Waals surface area contributed by atoms with Gasteiger partial charge in [-0.3, -0.25) is 4.79 Å². The van der Waals surface area contributed by atoms with Gasteiger partial charge in [0.15, 0.2) is 0 Å². The van der Waals surface area contributed by atoms with Gasteiger partial charge in [-0.2, -0.15) is 0 Å². The van der Waals surface area contributed by atoms with Crippen LogP contribution < -0.4 is 10.6 Å². The number of hydrogen-bond acceptors (Lipinski definition) is 4. The van der Waals surface area contributed by atoms with Gasteiger partial charge in [-0.1, -0.05) is 18.2 Å². The van der Waals surface area contributed by atoms with E-state index in [4.69, 9.17) is 0 Å². The second kappa shape index (κ2) is 6.08. The molecule has 2 aromatic carbocycles. The first kappa shape index (κ1) is 13.9. The summed E-state index contributed by atoms with van der Waals surface area (Å²) in [5, 5.41) is 24.9. The number of aromatic hydroxyl groups is 2. The third kappa shape index (κ3) is 3.07. The van der Waals surface area contributed by atoms with Crippen LogP contribution in [0.5, 0.6) is 11.5 Å². The zero-order chi connectivity index (χ0) is 14.5. The topological polar surface area (TPSA) is 81.6 Å². The predicted octanol–water partition coefficient (Wildman–Crippen LogP) is 2.07. The number of rotatable bonds is 4. The lowest BCUT2D eigenvalue weighted by atomic mass is 10.1. The van der Waals surface area contributed by atoms with Crippen LogP contribution in [0.4, 0.5) is 5.69 Å². The van der Waals surface area contributed by atoms with Gasteiger partial charge in [-0.05, 0) is 36.9 Å². The highest BCUT2D eigenvalue weighted by molar-refractivity contribution is 6.08. The molecule has 0 spiro atoms. The number of carbonyl (C=O) groups is 1. The van der Waals surface area contributed by atoms with E-state index >= 15 is 0 Å². The fraction of sp³-hybridized carbons (Fsp3) is 0.133. The molecule has 5 heteroatoms. The van der Waals surface area contributed by atoms with E-state index in [0.717, 1.165) is 12.1 Å². The number of anilines is 1. The molecule has 2 rings (SSSR count). The van der Waals surface area contributed by atoms with Crippen LogP contribution in [-0.2, 0) is 6.54 Å². The van der Waals surface area contributed by atoms with Crippen molar-refractivity contribution in [3.8, 4) is 11.5 Å². The van der Waals surface area contributed by atoms with Gasteiger partial charge in [0.05, 0.1) is 0 Å². The summed E-state index contributed by atoms with van der Waals surface area (Å²) in [6, 6.07) is 11.5. The number of amides is 1. The van der Waals surface area contributed by atoms with Crippen molar-refractivity contribution in [2.75, 3.05) is 12.4 Å². The zero-order valence-electron chi connectivity index (χ0n) is 11.1. The molecule has 0 saturated carbocycles. The fourth-order valence-electron chi connectivity index (χ4n) is 1.86. The van der Waals surface area contributed by atoms with Gasteiger partial charge >= 0.3 is 0 Å². The maximum atomic E-state index is 12.0. The first-order valence-electron chi connectivity index (χ1n) is 6.17. The first-order chi connectivity index (χ1) is 9.61. The molecule has 0 fully saturated rings.